The van der Waals surface area contributed by atoms with Crippen LogP contribution in [0.4, 0.5) is 5.69 Å². The number of amides is 1. The molecule has 27 heavy (non-hydrogen) atoms. The molecule has 0 bridgehead atoms. The Kier molecular flexibility index (Phi) is 4.47. The Hall–Kier alpha value is -3.39. The first-order valence-electron chi connectivity index (χ1n) is 8.28. The van der Waals surface area contributed by atoms with E-state index in [0.29, 0.717) is 11.3 Å². The Morgan fingerprint density at radius 3 is 2.59 bits per heavy atom. The molecule has 0 atom stereocenters. The van der Waals surface area contributed by atoms with E-state index in [-0.39, 0.29) is 5.91 Å². The van der Waals surface area contributed by atoms with Gasteiger partial charge in [0.2, 0.25) is 0 Å². The lowest BCUT2D eigenvalue weighted by atomic mass is 10.1. The van der Waals surface area contributed by atoms with E-state index in [9.17, 15) is 4.79 Å². The van der Waals surface area contributed by atoms with Crippen molar-refractivity contribution < 1.29 is 4.79 Å². The van der Waals surface area contributed by atoms with Gasteiger partial charge in [0, 0.05) is 27.9 Å². The number of anilines is 1. The van der Waals surface area contributed by atoms with Gasteiger partial charge in [0.1, 0.15) is 11.3 Å². The van der Waals surface area contributed by atoms with Gasteiger partial charge in [-0.1, -0.05) is 18.2 Å². The second-order valence-corrected chi connectivity index (χ2v) is 6.94. The highest BCUT2D eigenvalue weighted by molar-refractivity contribution is 7.13. The van der Waals surface area contributed by atoms with Crippen molar-refractivity contribution in [2.45, 2.75) is 13.8 Å². The molecule has 2 aromatic heterocycles. The van der Waals surface area contributed by atoms with E-state index in [4.69, 9.17) is 0 Å². The fourth-order valence-electron chi connectivity index (χ4n) is 2.66. The molecular weight excluding hydrogens is 360 g/mol. The Bertz CT molecular complexity index is 1090. The van der Waals surface area contributed by atoms with Crippen molar-refractivity contribution in [2.24, 2.45) is 0 Å². The number of tetrazole rings is 1. The van der Waals surface area contributed by atoms with Crippen LogP contribution in [0.1, 0.15) is 21.6 Å². The molecule has 0 aliphatic rings. The molecule has 0 fully saturated rings. The number of rotatable bonds is 4. The van der Waals surface area contributed by atoms with Gasteiger partial charge in [0.15, 0.2) is 0 Å². The Morgan fingerprint density at radius 1 is 1.11 bits per heavy atom. The normalized spacial score (nSPS) is 10.7. The van der Waals surface area contributed by atoms with Gasteiger partial charge in [-0.05, 0) is 54.1 Å². The van der Waals surface area contributed by atoms with Crippen LogP contribution in [-0.4, -0.2) is 31.1 Å². The minimum Gasteiger partial charge on any atom is -0.322 e. The van der Waals surface area contributed by atoms with Gasteiger partial charge < -0.3 is 5.32 Å². The summed E-state index contributed by atoms with van der Waals surface area (Å²) in [6.45, 7) is 3.93. The van der Waals surface area contributed by atoms with Crippen LogP contribution in [-0.2, 0) is 0 Å². The van der Waals surface area contributed by atoms with Crippen molar-refractivity contribution in [3.63, 3.8) is 0 Å². The number of carbonyl (C=O) groups is 1. The SMILES string of the molecule is Cc1csc(-c2ccc(C(=O)Nc3ccc(C)c(-n4cnnn4)c3)cc2)n1. The summed E-state index contributed by atoms with van der Waals surface area (Å²) in [4.78, 5) is 17.0. The van der Waals surface area contributed by atoms with Gasteiger partial charge in [-0.2, -0.15) is 0 Å². The van der Waals surface area contributed by atoms with Crippen LogP contribution < -0.4 is 5.32 Å². The molecule has 0 aliphatic heterocycles. The third-order valence-corrected chi connectivity index (χ3v) is 5.09. The summed E-state index contributed by atoms with van der Waals surface area (Å²) in [5, 5.41) is 17.1. The molecule has 4 rings (SSSR count). The maximum absolute atomic E-state index is 12.6. The summed E-state index contributed by atoms with van der Waals surface area (Å²) in [7, 11) is 0. The van der Waals surface area contributed by atoms with Crippen molar-refractivity contribution in [1.82, 2.24) is 25.2 Å². The average molecular weight is 376 g/mol. The van der Waals surface area contributed by atoms with Gasteiger partial charge in [0.25, 0.3) is 5.91 Å². The summed E-state index contributed by atoms with van der Waals surface area (Å²) in [6.07, 6.45) is 1.52. The van der Waals surface area contributed by atoms with E-state index in [1.54, 1.807) is 28.2 Å². The van der Waals surface area contributed by atoms with Crippen molar-refractivity contribution in [3.8, 4) is 16.3 Å². The van der Waals surface area contributed by atoms with E-state index in [0.717, 1.165) is 27.5 Å². The maximum atomic E-state index is 12.6. The fraction of sp³-hybridized carbons (Fsp3) is 0.105. The lowest BCUT2D eigenvalue weighted by Gasteiger charge is -2.10. The first-order chi connectivity index (χ1) is 13.1. The lowest BCUT2D eigenvalue weighted by Crippen LogP contribution is -2.12. The fourth-order valence-corrected chi connectivity index (χ4v) is 3.46. The van der Waals surface area contributed by atoms with Crippen molar-refractivity contribution in [3.05, 3.63) is 71.0 Å². The van der Waals surface area contributed by atoms with Crippen LogP contribution in [0.15, 0.2) is 54.2 Å². The first-order valence-corrected chi connectivity index (χ1v) is 9.16. The zero-order valence-electron chi connectivity index (χ0n) is 14.7. The highest BCUT2D eigenvalue weighted by Gasteiger charge is 2.10. The number of aromatic nitrogens is 5. The predicted molar refractivity (Wildman–Crippen MR) is 104 cm³/mol. The van der Waals surface area contributed by atoms with Gasteiger partial charge >= 0.3 is 0 Å². The monoisotopic (exact) mass is 376 g/mol. The van der Waals surface area contributed by atoms with Crippen LogP contribution in [0.2, 0.25) is 0 Å². The highest BCUT2D eigenvalue weighted by atomic mass is 32.1. The molecule has 8 heteroatoms. The molecule has 0 unspecified atom stereocenters. The van der Waals surface area contributed by atoms with Crippen LogP contribution in [0.5, 0.6) is 0 Å². The number of nitrogens with one attached hydrogen (secondary N) is 1. The number of benzene rings is 2. The Balaban J connectivity index is 1.53. The van der Waals surface area contributed by atoms with Crippen LogP contribution in [0, 0.1) is 13.8 Å². The van der Waals surface area contributed by atoms with E-state index < -0.39 is 0 Å². The number of carbonyl (C=O) groups excluding carboxylic acids is 1. The van der Waals surface area contributed by atoms with Gasteiger partial charge in [-0.3, -0.25) is 4.79 Å². The number of thiazole rings is 1. The molecule has 1 amide bonds. The summed E-state index contributed by atoms with van der Waals surface area (Å²) >= 11 is 1.59. The maximum Gasteiger partial charge on any atom is 0.255 e. The standard InChI is InChI=1S/C19H16N6OS/c1-12-3-8-16(9-17(12)25-11-20-23-24-25)22-18(26)14-4-6-15(7-5-14)19-21-13(2)10-27-19/h3-11H,1-2H3,(H,22,26). The highest BCUT2D eigenvalue weighted by Crippen LogP contribution is 2.24. The van der Waals surface area contributed by atoms with Crippen LogP contribution >= 0.6 is 11.3 Å². The van der Waals surface area contributed by atoms with Crippen molar-refractivity contribution >= 4 is 22.9 Å². The molecule has 4 aromatic rings. The van der Waals surface area contributed by atoms with E-state index in [1.165, 1.54) is 6.33 Å². The largest absolute Gasteiger partial charge is 0.322 e. The molecule has 0 aliphatic carbocycles. The molecule has 1 N–H and O–H groups in total. The van der Waals surface area contributed by atoms with Gasteiger partial charge in [-0.25, -0.2) is 9.67 Å². The zero-order chi connectivity index (χ0) is 18.8. The average Bonchev–Trinajstić information content (AvgIpc) is 3.35. The van der Waals surface area contributed by atoms with Crippen LogP contribution in [0.25, 0.3) is 16.3 Å². The quantitative estimate of drug-likeness (QED) is 0.587. The first kappa shape index (κ1) is 17.0. The summed E-state index contributed by atoms with van der Waals surface area (Å²) in [5.74, 6) is -0.177. The second-order valence-electron chi connectivity index (χ2n) is 6.08. The molecule has 0 saturated carbocycles. The summed E-state index contributed by atoms with van der Waals surface area (Å²) < 4.78 is 1.57. The lowest BCUT2D eigenvalue weighted by molar-refractivity contribution is 0.102. The zero-order valence-corrected chi connectivity index (χ0v) is 15.6. The van der Waals surface area contributed by atoms with E-state index >= 15 is 0 Å². The molecule has 2 aromatic carbocycles. The number of aryl methyl sites for hydroxylation is 2. The van der Waals surface area contributed by atoms with Gasteiger partial charge in [0.05, 0.1) is 5.69 Å². The molecular formula is C19H16N6OS. The third-order valence-electron chi connectivity index (χ3n) is 4.08. The molecule has 7 nitrogen and oxygen atoms in total. The van der Waals surface area contributed by atoms with E-state index in [2.05, 4.69) is 25.8 Å². The molecule has 0 radical (unpaired) electrons. The minimum absolute atomic E-state index is 0.177. The number of hydrogen-bond acceptors (Lipinski definition) is 6. The minimum atomic E-state index is -0.177. The summed E-state index contributed by atoms with van der Waals surface area (Å²) in [6, 6.07) is 13.0. The molecule has 134 valence electrons. The van der Waals surface area contributed by atoms with Crippen LogP contribution in [0.3, 0.4) is 0 Å². The molecule has 2 heterocycles. The Labute approximate surface area is 159 Å². The topological polar surface area (TPSA) is 85.6 Å². The van der Waals surface area contributed by atoms with E-state index in [1.807, 2.05) is 49.6 Å². The molecule has 0 saturated heterocycles. The van der Waals surface area contributed by atoms with Crippen molar-refractivity contribution in [1.29, 1.82) is 0 Å². The summed E-state index contributed by atoms with van der Waals surface area (Å²) in [5.41, 5.74) is 5.07. The third kappa shape index (κ3) is 3.61. The number of hydrogen-bond donors (Lipinski definition) is 1. The van der Waals surface area contributed by atoms with Crippen molar-refractivity contribution in [2.75, 3.05) is 5.32 Å². The second kappa shape index (κ2) is 7.08. The smallest absolute Gasteiger partial charge is 0.255 e. The van der Waals surface area contributed by atoms with Gasteiger partial charge in [-0.15, -0.1) is 16.4 Å². The Morgan fingerprint density at radius 2 is 1.93 bits per heavy atom. The predicted octanol–water partition coefficient (Wildman–Crippen LogP) is 3.65. The number of nitrogens with zero attached hydrogens (tertiary/aromatic N) is 5. The molecule has 0 spiro atoms.